The van der Waals surface area contributed by atoms with Crippen LogP contribution >= 0.6 is 11.6 Å². The van der Waals surface area contributed by atoms with Crippen molar-refractivity contribution in [3.63, 3.8) is 0 Å². The fourth-order valence-corrected chi connectivity index (χ4v) is 2.71. The average Bonchev–Trinajstić information content (AvgIpc) is 2.59. The molecule has 0 aliphatic rings. The van der Waals surface area contributed by atoms with Gasteiger partial charge in [0.2, 0.25) is 0 Å². The summed E-state index contributed by atoms with van der Waals surface area (Å²) in [5.41, 5.74) is 3.20. The molecule has 1 atom stereocenters. The number of hydrogen-bond acceptors (Lipinski definition) is 3. The van der Waals surface area contributed by atoms with Gasteiger partial charge in [-0.1, -0.05) is 35.4 Å². The molecule has 0 heterocycles. The molecule has 2 rings (SSSR count). The maximum atomic E-state index is 12.3. The number of carbonyl (C=O) groups excluding carboxylic acids is 2. The normalized spacial score (nSPS) is 11.6. The molecule has 0 saturated carbocycles. The van der Waals surface area contributed by atoms with Crippen LogP contribution in [0.15, 0.2) is 36.4 Å². The number of anilines is 1. The molecule has 26 heavy (non-hydrogen) atoms. The molecule has 0 aliphatic heterocycles. The Bertz CT molecular complexity index is 821. The fourth-order valence-electron chi connectivity index (χ4n) is 2.54. The van der Waals surface area contributed by atoms with Gasteiger partial charge < -0.3 is 15.4 Å². The molecular weight excluding hydrogens is 352 g/mol. The highest BCUT2D eigenvalue weighted by Gasteiger charge is 2.20. The van der Waals surface area contributed by atoms with Crippen molar-refractivity contribution in [2.24, 2.45) is 0 Å². The maximum Gasteiger partial charge on any atom is 0.313 e. The van der Waals surface area contributed by atoms with E-state index < -0.39 is 11.8 Å². The molecule has 0 radical (unpaired) electrons. The second kappa shape index (κ2) is 8.72. The number of nitrogens with one attached hydrogen (secondary N) is 2. The van der Waals surface area contributed by atoms with E-state index >= 15 is 0 Å². The van der Waals surface area contributed by atoms with Crippen molar-refractivity contribution < 1.29 is 14.3 Å². The Balaban J connectivity index is 2.10. The number of carbonyl (C=O) groups is 2. The van der Waals surface area contributed by atoms with E-state index in [1.807, 2.05) is 45.9 Å². The van der Waals surface area contributed by atoms with Crippen LogP contribution in [-0.2, 0) is 9.59 Å². The van der Waals surface area contributed by atoms with E-state index in [0.717, 1.165) is 16.7 Å². The molecule has 138 valence electrons. The van der Waals surface area contributed by atoms with Crippen molar-refractivity contribution in [3.05, 3.63) is 58.1 Å². The van der Waals surface area contributed by atoms with Crippen LogP contribution in [0.4, 0.5) is 5.69 Å². The summed E-state index contributed by atoms with van der Waals surface area (Å²) >= 11 is 5.94. The third kappa shape index (κ3) is 4.99. The molecule has 2 aromatic carbocycles. The van der Waals surface area contributed by atoms with Gasteiger partial charge in [0.05, 0.1) is 12.6 Å². The lowest BCUT2D eigenvalue weighted by Gasteiger charge is -2.18. The minimum atomic E-state index is -0.743. The van der Waals surface area contributed by atoms with Crippen molar-refractivity contribution in [1.82, 2.24) is 5.32 Å². The lowest BCUT2D eigenvalue weighted by Crippen LogP contribution is -2.37. The SMILES string of the molecule is CCOc1ccc(C)cc1C(C)NC(=O)C(=O)Nc1cc(Cl)ccc1C. The minimum absolute atomic E-state index is 0.379. The monoisotopic (exact) mass is 374 g/mol. The van der Waals surface area contributed by atoms with Gasteiger partial charge in [0, 0.05) is 16.3 Å². The first-order chi connectivity index (χ1) is 12.3. The van der Waals surface area contributed by atoms with Gasteiger partial charge in [-0.25, -0.2) is 0 Å². The number of ether oxygens (including phenoxy) is 1. The van der Waals surface area contributed by atoms with Crippen LogP contribution in [-0.4, -0.2) is 18.4 Å². The van der Waals surface area contributed by atoms with Gasteiger partial charge in [0.1, 0.15) is 5.75 Å². The summed E-state index contributed by atoms with van der Waals surface area (Å²) in [4.78, 5) is 24.5. The summed E-state index contributed by atoms with van der Waals surface area (Å²) in [6.45, 7) is 8.02. The van der Waals surface area contributed by atoms with Crippen molar-refractivity contribution in [3.8, 4) is 5.75 Å². The van der Waals surface area contributed by atoms with E-state index in [0.29, 0.717) is 23.1 Å². The Hall–Kier alpha value is -2.53. The summed E-state index contributed by atoms with van der Waals surface area (Å²) in [6, 6.07) is 10.5. The van der Waals surface area contributed by atoms with Gasteiger partial charge in [0.15, 0.2) is 0 Å². The summed E-state index contributed by atoms with van der Waals surface area (Å²) < 4.78 is 5.61. The molecule has 2 aromatic rings. The second-order valence-corrected chi connectivity index (χ2v) is 6.52. The zero-order valence-corrected chi connectivity index (χ0v) is 16.1. The van der Waals surface area contributed by atoms with Crippen LogP contribution in [0.2, 0.25) is 5.02 Å². The highest BCUT2D eigenvalue weighted by Crippen LogP contribution is 2.26. The number of benzene rings is 2. The van der Waals surface area contributed by atoms with Crippen molar-refractivity contribution in [2.75, 3.05) is 11.9 Å². The van der Waals surface area contributed by atoms with Gasteiger partial charge >= 0.3 is 11.8 Å². The molecule has 0 saturated heterocycles. The average molecular weight is 375 g/mol. The van der Waals surface area contributed by atoms with Crippen LogP contribution in [0.25, 0.3) is 0 Å². The van der Waals surface area contributed by atoms with Gasteiger partial charge in [-0.3, -0.25) is 9.59 Å². The first-order valence-electron chi connectivity index (χ1n) is 8.43. The van der Waals surface area contributed by atoms with E-state index in [1.54, 1.807) is 18.2 Å². The Morgan fingerprint density at radius 2 is 1.85 bits per heavy atom. The zero-order valence-electron chi connectivity index (χ0n) is 15.4. The quantitative estimate of drug-likeness (QED) is 0.772. The number of halogens is 1. The zero-order chi connectivity index (χ0) is 19.3. The molecular formula is C20H23ClN2O3. The van der Waals surface area contributed by atoms with E-state index in [2.05, 4.69) is 10.6 Å². The predicted octanol–water partition coefficient (Wildman–Crippen LogP) is 4.17. The third-order valence-electron chi connectivity index (χ3n) is 3.93. The van der Waals surface area contributed by atoms with E-state index in [-0.39, 0.29) is 6.04 Å². The lowest BCUT2D eigenvalue weighted by atomic mass is 10.0. The standard InChI is InChI=1S/C20H23ClN2O3/c1-5-26-18-9-6-12(2)10-16(18)14(4)22-19(24)20(25)23-17-11-15(21)8-7-13(17)3/h6-11,14H,5H2,1-4H3,(H,22,24)(H,23,25). The summed E-state index contributed by atoms with van der Waals surface area (Å²) in [5.74, 6) is -0.773. The number of aryl methyl sites for hydroxylation is 2. The number of rotatable bonds is 5. The molecule has 0 bridgehead atoms. The second-order valence-electron chi connectivity index (χ2n) is 6.08. The number of hydrogen-bond donors (Lipinski definition) is 2. The van der Waals surface area contributed by atoms with Crippen LogP contribution in [0.1, 0.15) is 36.6 Å². The Morgan fingerprint density at radius 3 is 2.54 bits per heavy atom. The van der Waals surface area contributed by atoms with Gasteiger partial charge in [-0.2, -0.15) is 0 Å². The van der Waals surface area contributed by atoms with E-state index in [1.165, 1.54) is 0 Å². The van der Waals surface area contributed by atoms with Crippen molar-refractivity contribution in [2.45, 2.75) is 33.7 Å². The van der Waals surface area contributed by atoms with Gasteiger partial charge in [0.25, 0.3) is 0 Å². The lowest BCUT2D eigenvalue weighted by molar-refractivity contribution is -0.136. The largest absolute Gasteiger partial charge is 0.494 e. The first kappa shape index (κ1) is 19.8. The number of amides is 2. The van der Waals surface area contributed by atoms with Crippen molar-refractivity contribution >= 4 is 29.1 Å². The summed E-state index contributed by atoms with van der Waals surface area (Å²) in [7, 11) is 0. The summed E-state index contributed by atoms with van der Waals surface area (Å²) in [6.07, 6.45) is 0. The Labute approximate surface area is 158 Å². The molecule has 0 aliphatic carbocycles. The van der Waals surface area contributed by atoms with Crippen LogP contribution in [0.5, 0.6) is 5.75 Å². The molecule has 5 nitrogen and oxygen atoms in total. The molecule has 0 fully saturated rings. The van der Waals surface area contributed by atoms with Crippen LogP contribution in [0, 0.1) is 13.8 Å². The molecule has 0 spiro atoms. The predicted molar refractivity (Wildman–Crippen MR) is 104 cm³/mol. The molecule has 2 N–H and O–H groups in total. The highest BCUT2D eigenvalue weighted by molar-refractivity contribution is 6.40. The van der Waals surface area contributed by atoms with Crippen molar-refractivity contribution in [1.29, 1.82) is 0 Å². The topological polar surface area (TPSA) is 67.4 Å². The van der Waals surface area contributed by atoms with Gasteiger partial charge in [-0.15, -0.1) is 0 Å². The van der Waals surface area contributed by atoms with Crippen LogP contribution in [0.3, 0.4) is 0 Å². The van der Waals surface area contributed by atoms with E-state index in [4.69, 9.17) is 16.3 Å². The molecule has 1 unspecified atom stereocenters. The maximum absolute atomic E-state index is 12.3. The fraction of sp³-hybridized carbons (Fsp3) is 0.300. The third-order valence-corrected chi connectivity index (χ3v) is 4.17. The first-order valence-corrected chi connectivity index (χ1v) is 8.81. The minimum Gasteiger partial charge on any atom is -0.494 e. The Morgan fingerprint density at radius 1 is 1.12 bits per heavy atom. The molecule has 2 amide bonds. The van der Waals surface area contributed by atoms with Gasteiger partial charge in [-0.05, 0) is 51.5 Å². The smallest absolute Gasteiger partial charge is 0.313 e. The Kier molecular flexibility index (Phi) is 6.64. The van der Waals surface area contributed by atoms with Crippen LogP contribution < -0.4 is 15.4 Å². The molecule has 0 aromatic heterocycles. The highest BCUT2D eigenvalue weighted by atomic mass is 35.5. The van der Waals surface area contributed by atoms with E-state index in [9.17, 15) is 9.59 Å². The summed E-state index contributed by atoms with van der Waals surface area (Å²) in [5, 5.41) is 5.79. The molecule has 6 heteroatoms.